The van der Waals surface area contributed by atoms with Gasteiger partial charge in [0.2, 0.25) is 12.7 Å². The highest BCUT2D eigenvalue weighted by Gasteiger charge is 2.29. The fourth-order valence-corrected chi connectivity index (χ4v) is 8.60. The molecule has 0 fully saturated rings. The Kier molecular flexibility index (Phi) is 10.2. The monoisotopic (exact) mass is 723 g/mol. The first-order valence-electron chi connectivity index (χ1n) is 19.4. The van der Waals surface area contributed by atoms with Crippen molar-refractivity contribution in [1.29, 1.82) is 0 Å². The maximum atomic E-state index is 5.01. The fourth-order valence-electron chi connectivity index (χ4n) is 8.60. The number of aryl methyl sites for hydroxylation is 6. The van der Waals surface area contributed by atoms with Crippen molar-refractivity contribution in [2.24, 2.45) is 0 Å². The van der Waals surface area contributed by atoms with Crippen LogP contribution in [0.15, 0.2) is 170 Å². The summed E-state index contributed by atoms with van der Waals surface area (Å²) in [6.07, 6.45) is 3.85. The third kappa shape index (κ3) is 7.31. The summed E-state index contributed by atoms with van der Waals surface area (Å²) < 4.78 is 0. The zero-order valence-corrected chi connectivity index (χ0v) is 33.1. The molecule has 272 valence electrons. The van der Waals surface area contributed by atoms with Gasteiger partial charge in [-0.3, -0.25) is 4.90 Å². The summed E-state index contributed by atoms with van der Waals surface area (Å²) in [5.41, 5.74) is 20.6. The summed E-state index contributed by atoms with van der Waals surface area (Å²) in [7, 11) is 0. The van der Waals surface area contributed by atoms with Gasteiger partial charge in [0, 0.05) is 29.3 Å². The number of aromatic nitrogens is 2. The second-order valence-electron chi connectivity index (χ2n) is 15.1. The minimum Gasteiger partial charge on any atom is -0.279 e. The second kappa shape index (κ2) is 15.7. The molecule has 1 heterocycles. The largest absolute Gasteiger partial charge is 0.279 e. The zero-order valence-electron chi connectivity index (χ0n) is 33.1. The summed E-state index contributed by atoms with van der Waals surface area (Å²) in [6, 6.07) is 56.6. The number of hydrogen-bond donors (Lipinski definition) is 0. The van der Waals surface area contributed by atoms with Crippen molar-refractivity contribution in [2.75, 3.05) is 4.90 Å². The van der Waals surface area contributed by atoms with E-state index in [1.54, 1.807) is 0 Å². The van der Waals surface area contributed by atoms with E-state index in [1.807, 2.05) is 30.6 Å². The molecule has 0 amide bonds. The quantitative estimate of drug-likeness (QED) is 0.139. The van der Waals surface area contributed by atoms with Crippen LogP contribution in [0.3, 0.4) is 0 Å². The number of anilines is 3. The number of rotatable bonds is 9. The van der Waals surface area contributed by atoms with Crippen LogP contribution in [0.1, 0.15) is 33.4 Å². The van der Waals surface area contributed by atoms with E-state index in [2.05, 4.69) is 186 Å². The second-order valence-corrected chi connectivity index (χ2v) is 15.1. The lowest BCUT2D eigenvalue weighted by atomic mass is 9.34. The van der Waals surface area contributed by atoms with Gasteiger partial charge < -0.3 is 0 Å². The SMILES string of the molecule is Cc1cc(C)c(B(c2ccc(N(c3cccc(-c4ccccc4-c4ccccc4)c3)c3ncc(-c4ccccc4)cn3)cc2)c2c(C)cc(C)cc2C)c(C)c1. The van der Waals surface area contributed by atoms with Crippen LogP contribution in [0, 0.1) is 41.5 Å². The van der Waals surface area contributed by atoms with Crippen LogP contribution in [0.4, 0.5) is 17.3 Å². The molecular weight excluding hydrogens is 677 g/mol. The lowest BCUT2D eigenvalue weighted by Crippen LogP contribution is -2.55. The van der Waals surface area contributed by atoms with Crippen LogP contribution in [-0.4, -0.2) is 16.7 Å². The highest BCUT2D eigenvalue weighted by molar-refractivity contribution is 6.96. The van der Waals surface area contributed by atoms with E-state index >= 15 is 0 Å². The Morgan fingerprint density at radius 2 is 0.857 bits per heavy atom. The molecule has 0 aliphatic heterocycles. The summed E-state index contributed by atoms with van der Waals surface area (Å²) >= 11 is 0. The maximum absolute atomic E-state index is 5.01. The number of hydrogen-bond acceptors (Lipinski definition) is 3. The molecule has 0 unspecified atom stereocenters. The van der Waals surface area contributed by atoms with E-state index in [9.17, 15) is 0 Å². The van der Waals surface area contributed by atoms with Crippen molar-refractivity contribution in [3.8, 4) is 33.4 Å². The Hall–Kier alpha value is -6.52. The first-order valence-corrected chi connectivity index (χ1v) is 19.4. The smallest absolute Gasteiger partial charge is 0.242 e. The van der Waals surface area contributed by atoms with Crippen LogP contribution in [0.2, 0.25) is 0 Å². The Bertz CT molecular complexity index is 2530. The molecule has 0 saturated carbocycles. The van der Waals surface area contributed by atoms with E-state index < -0.39 is 0 Å². The fraction of sp³-hybridized carbons (Fsp3) is 0.115. The highest BCUT2D eigenvalue weighted by Crippen LogP contribution is 2.38. The minimum absolute atomic E-state index is 0.0814. The van der Waals surface area contributed by atoms with Crippen LogP contribution >= 0.6 is 0 Å². The third-order valence-electron chi connectivity index (χ3n) is 10.9. The van der Waals surface area contributed by atoms with Crippen LogP contribution in [0.25, 0.3) is 33.4 Å². The molecule has 8 aromatic rings. The topological polar surface area (TPSA) is 29.0 Å². The van der Waals surface area contributed by atoms with Crippen LogP contribution in [-0.2, 0) is 0 Å². The first kappa shape index (κ1) is 36.5. The molecule has 0 radical (unpaired) electrons. The van der Waals surface area contributed by atoms with Crippen molar-refractivity contribution in [3.05, 3.63) is 203 Å². The molecule has 4 heteroatoms. The van der Waals surface area contributed by atoms with Crippen molar-refractivity contribution in [3.63, 3.8) is 0 Å². The molecule has 8 rings (SSSR count). The van der Waals surface area contributed by atoms with Gasteiger partial charge in [0.15, 0.2) is 0 Å². The van der Waals surface area contributed by atoms with Gasteiger partial charge in [-0.2, -0.15) is 0 Å². The summed E-state index contributed by atoms with van der Waals surface area (Å²) in [6.45, 7) is 13.5. The van der Waals surface area contributed by atoms with Crippen molar-refractivity contribution in [1.82, 2.24) is 9.97 Å². The van der Waals surface area contributed by atoms with E-state index in [1.165, 1.54) is 66.5 Å². The molecule has 0 aliphatic rings. The lowest BCUT2D eigenvalue weighted by Gasteiger charge is -2.26. The summed E-state index contributed by atoms with van der Waals surface area (Å²) in [5.74, 6) is 0.609. The van der Waals surface area contributed by atoms with E-state index in [0.29, 0.717) is 5.95 Å². The predicted octanol–water partition coefficient (Wildman–Crippen LogP) is 11.3. The van der Waals surface area contributed by atoms with Gasteiger partial charge >= 0.3 is 0 Å². The summed E-state index contributed by atoms with van der Waals surface area (Å²) in [4.78, 5) is 12.2. The molecule has 0 spiro atoms. The molecule has 0 aliphatic carbocycles. The van der Waals surface area contributed by atoms with E-state index in [4.69, 9.17) is 9.97 Å². The number of benzene rings is 7. The van der Waals surface area contributed by atoms with Crippen molar-refractivity contribution >= 4 is 40.4 Å². The van der Waals surface area contributed by atoms with Gasteiger partial charge in [0.05, 0.1) is 0 Å². The van der Waals surface area contributed by atoms with Gasteiger partial charge in [-0.15, -0.1) is 0 Å². The lowest BCUT2D eigenvalue weighted by molar-refractivity contribution is 1.08. The third-order valence-corrected chi connectivity index (χ3v) is 10.9. The molecule has 3 nitrogen and oxygen atoms in total. The van der Waals surface area contributed by atoms with Gasteiger partial charge in [-0.1, -0.05) is 183 Å². The first-order chi connectivity index (χ1) is 27.2. The maximum Gasteiger partial charge on any atom is 0.242 e. The molecule has 7 aromatic carbocycles. The van der Waals surface area contributed by atoms with Gasteiger partial charge in [0.1, 0.15) is 0 Å². The summed E-state index contributed by atoms with van der Waals surface area (Å²) in [5, 5.41) is 0. The molecule has 0 atom stereocenters. The molecule has 1 aromatic heterocycles. The average Bonchev–Trinajstić information content (AvgIpc) is 3.21. The van der Waals surface area contributed by atoms with Crippen molar-refractivity contribution < 1.29 is 0 Å². The van der Waals surface area contributed by atoms with Crippen LogP contribution < -0.4 is 21.3 Å². The highest BCUT2D eigenvalue weighted by atomic mass is 15.3. The molecule has 0 bridgehead atoms. The van der Waals surface area contributed by atoms with Gasteiger partial charge in [0.25, 0.3) is 0 Å². The van der Waals surface area contributed by atoms with E-state index in [0.717, 1.165) is 28.1 Å². The Morgan fingerprint density at radius 3 is 1.39 bits per heavy atom. The van der Waals surface area contributed by atoms with Gasteiger partial charge in [-0.05, 0) is 93.6 Å². The predicted molar refractivity (Wildman–Crippen MR) is 239 cm³/mol. The van der Waals surface area contributed by atoms with Gasteiger partial charge in [-0.25, -0.2) is 9.97 Å². The van der Waals surface area contributed by atoms with Crippen molar-refractivity contribution in [2.45, 2.75) is 41.5 Å². The molecule has 0 saturated heterocycles. The van der Waals surface area contributed by atoms with Crippen LogP contribution in [0.5, 0.6) is 0 Å². The standard InChI is InChI=1S/C52H46BN3/c1-35-28-37(3)50(38(4)29-35)53(51-39(5)30-36(2)31-40(51)6)45-24-26-46(27-25-45)56(52-54-33-44(34-55-52)41-16-9-7-10-17-41)47-21-15-20-43(32-47)49-23-14-13-22-48(49)42-18-11-8-12-19-42/h7-34H,1-6H3. The zero-order chi connectivity index (χ0) is 38.8. The minimum atomic E-state index is 0.0814. The number of nitrogens with zero attached hydrogens (tertiary/aromatic N) is 3. The normalized spacial score (nSPS) is 11.0. The molecule has 0 N–H and O–H groups in total. The Morgan fingerprint density at radius 1 is 0.393 bits per heavy atom. The van der Waals surface area contributed by atoms with E-state index in [-0.39, 0.29) is 6.71 Å². The Balaban J connectivity index is 1.27. The Labute approximate surface area is 332 Å². The average molecular weight is 724 g/mol. The molecule has 56 heavy (non-hydrogen) atoms. The molecular formula is C52H46BN3.